The molecule has 0 unspecified atom stereocenters. The molecular formula is C11H10BrF3N4O2. The first-order valence-electron chi connectivity index (χ1n) is 5.66. The number of nitrogens with zero attached hydrogens (tertiary/aromatic N) is 2. The average molecular weight is 367 g/mol. The number of ether oxygens (including phenoxy) is 1. The van der Waals surface area contributed by atoms with Gasteiger partial charge in [0.2, 0.25) is 5.89 Å². The smallest absolute Gasteiger partial charge is 0.406 e. The van der Waals surface area contributed by atoms with Gasteiger partial charge in [0.25, 0.3) is 0 Å². The molecule has 0 aliphatic rings. The van der Waals surface area contributed by atoms with Crippen molar-refractivity contribution >= 4 is 27.6 Å². The topological polar surface area (TPSA) is 72.2 Å². The monoisotopic (exact) mass is 366 g/mol. The molecule has 1 aromatic heterocycles. The number of alkyl halides is 3. The van der Waals surface area contributed by atoms with Crippen molar-refractivity contribution in [1.29, 1.82) is 0 Å². The van der Waals surface area contributed by atoms with E-state index in [1.807, 2.05) is 0 Å². The third kappa shape index (κ3) is 4.60. The fourth-order valence-corrected chi connectivity index (χ4v) is 1.79. The van der Waals surface area contributed by atoms with Gasteiger partial charge in [-0.05, 0) is 25.2 Å². The van der Waals surface area contributed by atoms with Gasteiger partial charge in [0.15, 0.2) is 5.75 Å². The fourth-order valence-electron chi connectivity index (χ4n) is 1.45. The lowest BCUT2D eigenvalue weighted by Crippen LogP contribution is -2.18. The van der Waals surface area contributed by atoms with E-state index >= 15 is 0 Å². The van der Waals surface area contributed by atoms with Crippen LogP contribution in [-0.2, 0) is 6.54 Å². The quantitative estimate of drug-likeness (QED) is 0.846. The van der Waals surface area contributed by atoms with E-state index in [1.54, 1.807) is 13.1 Å². The minimum atomic E-state index is -4.80. The number of hydrogen-bond donors (Lipinski definition) is 2. The maximum absolute atomic E-state index is 12.4. The van der Waals surface area contributed by atoms with Crippen molar-refractivity contribution in [3.05, 3.63) is 28.6 Å². The fraction of sp³-hybridized carbons (Fsp3) is 0.273. The van der Waals surface area contributed by atoms with Crippen molar-refractivity contribution in [2.45, 2.75) is 12.9 Å². The number of hydrogen-bond acceptors (Lipinski definition) is 6. The van der Waals surface area contributed by atoms with Crippen LogP contribution in [0.2, 0.25) is 0 Å². The summed E-state index contributed by atoms with van der Waals surface area (Å²) in [6.45, 7) is 0.348. The first-order valence-corrected chi connectivity index (χ1v) is 6.46. The molecular weight excluding hydrogens is 357 g/mol. The lowest BCUT2D eigenvalue weighted by Gasteiger charge is -2.13. The van der Waals surface area contributed by atoms with Crippen molar-refractivity contribution in [2.75, 3.05) is 12.4 Å². The number of halogens is 4. The Kier molecular flexibility index (Phi) is 4.68. The summed E-state index contributed by atoms with van der Waals surface area (Å²) in [6.07, 6.45) is -4.80. The van der Waals surface area contributed by atoms with E-state index in [4.69, 9.17) is 4.42 Å². The average Bonchev–Trinajstić information content (AvgIpc) is 2.79. The number of rotatable bonds is 5. The molecule has 0 atom stereocenters. The summed E-state index contributed by atoms with van der Waals surface area (Å²) in [6, 6.07) is 4.10. The number of benzene rings is 1. The Balaban J connectivity index is 2.21. The van der Waals surface area contributed by atoms with E-state index in [-0.39, 0.29) is 11.7 Å². The van der Waals surface area contributed by atoms with Gasteiger partial charge in [-0.3, -0.25) is 0 Å². The van der Waals surface area contributed by atoms with Crippen molar-refractivity contribution in [3.63, 3.8) is 0 Å². The van der Waals surface area contributed by atoms with Gasteiger partial charge >= 0.3 is 12.4 Å². The van der Waals surface area contributed by atoms with Crippen molar-refractivity contribution < 1.29 is 22.3 Å². The van der Waals surface area contributed by atoms with Gasteiger partial charge in [-0.15, -0.1) is 18.3 Å². The molecule has 0 radical (unpaired) electrons. The molecule has 0 aliphatic heterocycles. The van der Waals surface area contributed by atoms with Crippen LogP contribution in [-0.4, -0.2) is 23.6 Å². The van der Waals surface area contributed by atoms with E-state index in [0.717, 1.165) is 0 Å². The molecule has 21 heavy (non-hydrogen) atoms. The summed E-state index contributed by atoms with van der Waals surface area (Å²) in [4.78, 5) is 0. The minimum Gasteiger partial charge on any atom is -0.406 e. The van der Waals surface area contributed by atoms with Crippen LogP contribution in [0.1, 0.15) is 5.89 Å². The molecule has 1 heterocycles. The summed E-state index contributed by atoms with van der Waals surface area (Å²) in [5, 5.41) is 12.8. The van der Waals surface area contributed by atoms with Crippen LogP contribution in [0.3, 0.4) is 0 Å². The predicted octanol–water partition coefficient (Wildman–Crippen LogP) is 3.19. The van der Waals surface area contributed by atoms with E-state index in [1.165, 1.54) is 12.1 Å². The standard InChI is InChI=1S/C11H10BrF3N4O2/c1-16-5-9-18-19-10(20-9)17-7-3-2-6(12)4-8(7)21-11(13,14)15/h2-4,16H,5H2,1H3,(H,17,19). The van der Waals surface area contributed by atoms with Crippen LogP contribution < -0.4 is 15.4 Å². The Bertz CT molecular complexity index is 618. The molecule has 0 fully saturated rings. The zero-order chi connectivity index (χ0) is 15.5. The van der Waals surface area contributed by atoms with Crippen molar-refractivity contribution in [1.82, 2.24) is 15.5 Å². The Morgan fingerprint density at radius 2 is 2.10 bits per heavy atom. The molecule has 2 rings (SSSR count). The highest BCUT2D eigenvalue weighted by Gasteiger charge is 2.32. The molecule has 2 N–H and O–H groups in total. The van der Waals surface area contributed by atoms with Crippen LogP contribution >= 0.6 is 15.9 Å². The van der Waals surface area contributed by atoms with Crippen LogP contribution in [0.25, 0.3) is 0 Å². The first kappa shape index (κ1) is 15.6. The second-order valence-corrected chi connectivity index (χ2v) is 4.76. The maximum Gasteiger partial charge on any atom is 0.573 e. The molecule has 2 aromatic rings. The Labute approximate surface area is 125 Å². The van der Waals surface area contributed by atoms with Crippen LogP contribution in [0.4, 0.5) is 24.9 Å². The molecule has 0 saturated heterocycles. The second kappa shape index (κ2) is 6.31. The summed E-state index contributed by atoms with van der Waals surface area (Å²) in [7, 11) is 1.70. The zero-order valence-corrected chi connectivity index (χ0v) is 12.2. The van der Waals surface area contributed by atoms with Gasteiger partial charge in [0, 0.05) is 4.47 Å². The van der Waals surface area contributed by atoms with Crippen molar-refractivity contribution in [2.24, 2.45) is 0 Å². The summed E-state index contributed by atoms with van der Waals surface area (Å²) in [5.41, 5.74) is 0.0511. The molecule has 1 aromatic carbocycles. The molecule has 0 spiro atoms. The van der Waals surface area contributed by atoms with E-state index in [2.05, 4.69) is 41.5 Å². The van der Waals surface area contributed by atoms with Gasteiger partial charge in [-0.25, -0.2) is 0 Å². The summed E-state index contributed by atoms with van der Waals surface area (Å²) < 4.78 is 46.7. The highest BCUT2D eigenvalue weighted by Crippen LogP contribution is 2.34. The Hall–Kier alpha value is -1.81. The van der Waals surface area contributed by atoms with Gasteiger partial charge in [-0.2, -0.15) is 0 Å². The first-order chi connectivity index (χ1) is 9.87. The van der Waals surface area contributed by atoms with Gasteiger partial charge in [0.1, 0.15) is 0 Å². The Morgan fingerprint density at radius 3 is 2.76 bits per heavy atom. The summed E-state index contributed by atoms with van der Waals surface area (Å²) >= 11 is 3.08. The maximum atomic E-state index is 12.4. The molecule has 6 nitrogen and oxygen atoms in total. The number of nitrogens with one attached hydrogen (secondary N) is 2. The lowest BCUT2D eigenvalue weighted by molar-refractivity contribution is -0.274. The molecule has 0 saturated carbocycles. The highest BCUT2D eigenvalue weighted by molar-refractivity contribution is 9.10. The highest BCUT2D eigenvalue weighted by atomic mass is 79.9. The normalized spacial score (nSPS) is 11.5. The molecule has 0 aliphatic carbocycles. The van der Waals surface area contributed by atoms with E-state index < -0.39 is 12.1 Å². The third-order valence-electron chi connectivity index (χ3n) is 2.21. The van der Waals surface area contributed by atoms with Crippen LogP contribution in [0.5, 0.6) is 5.75 Å². The molecule has 10 heteroatoms. The lowest BCUT2D eigenvalue weighted by atomic mass is 10.3. The second-order valence-electron chi connectivity index (χ2n) is 3.84. The van der Waals surface area contributed by atoms with Crippen LogP contribution in [0.15, 0.2) is 27.1 Å². The summed E-state index contributed by atoms with van der Waals surface area (Å²) in [5.74, 6) is -0.111. The van der Waals surface area contributed by atoms with Crippen LogP contribution in [0, 0.1) is 0 Å². The molecule has 0 bridgehead atoms. The minimum absolute atomic E-state index is 0.0328. The van der Waals surface area contributed by atoms with E-state index in [9.17, 15) is 13.2 Å². The SMILES string of the molecule is CNCc1nnc(Nc2ccc(Br)cc2OC(F)(F)F)o1. The third-order valence-corrected chi connectivity index (χ3v) is 2.70. The zero-order valence-electron chi connectivity index (χ0n) is 10.7. The van der Waals surface area contributed by atoms with E-state index in [0.29, 0.717) is 16.9 Å². The predicted molar refractivity (Wildman–Crippen MR) is 71.2 cm³/mol. The van der Waals surface area contributed by atoms with Gasteiger partial charge in [0.05, 0.1) is 12.2 Å². The molecule has 114 valence electrons. The van der Waals surface area contributed by atoms with Gasteiger partial charge < -0.3 is 19.8 Å². The number of anilines is 2. The largest absolute Gasteiger partial charge is 0.573 e. The number of aromatic nitrogens is 2. The molecule has 0 amide bonds. The Morgan fingerprint density at radius 1 is 1.33 bits per heavy atom. The van der Waals surface area contributed by atoms with Gasteiger partial charge in [-0.1, -0.05) is 21.0 Å². The van der Waals surface area contributed by atoms with Crippen molar-refractivity contribution in [3.8, 4) is 5.75 Å².